The normalized spacial score (nSPS) is 22.9. The molecule has 0 aliphatic carbocycles. The van der Waals surface area contributed by atoms with Crippen LogP contribution >= 0.6 is 0 Å². The van der Waals surface area contributed by atoms with Gasteiger partial charge in [-0.3, -0.25) is 4.79 Å². The summed E-state index contributed by atoms with van der Waals surface area (Å²) >= 11 is 0. The third kappa shape index (κ3) is 2.95. The van der Waals surface area contributed by atoms with Crippen molar-refractivity contribution in [3.63, 3.8) is 0 Å². The maximum absolute atomic E-state index is 11.7. The van der Waals surface area contributed by atoms with Gasteiger partial charge in [-0.15, -0.1) is 0 Å². The smallest absolute Gasteiger partial charge is 0.416 e. The van der Waals surface area contributed by atoms with E-state index in [1.807, 2.05) is 6.92 Å². The fourth-order valence-corrected chi connectivity index (χ4v) is 2.02. The van der Waals surface area contributed by atoms with Gasteiger partial charge in [-0.2, -0.15) is 0 Å². The number of hydrogen-bond donors (Lipinski definition) is 0. The van der Waals surface area contributed by atoms with E-state index in [9.17, 15) is 9.59 Å². The van der Waals surface area contributed by atoms with Crippen molar-refractivity contribution in [2.24, 2.45) is 0 Å². The molecule has 0 saturated carbocycles. The second-order valence-corrected chi connectivity index (χ2v) is 4.34. The highest BCUT2D eigenvalue weighted by molar-refractivity contribution is 5.92. The van der Waals surface area contributed by atoms with Crippen LogP contribution in [0.25, 0.3) is 0 Å². The number of imide groups is 1. The fraction of sp³-hybridized carbons (Fsp3) is 0.818. The lowest BCUT2D eigenvalue weighted by molar-refractivity contribution is -0.148. The molecule has 0 radical (unpaired) electrons. The molecule has 2 aliphatic rings. The number of carbonyl (C=O) groups excluding carboxylic acids is 2. The van der Waals surface area contributed by atoms with E-state index in [4.69, 9.17) is 14.2 Å². The number of hydrogen-bond acceptors (Lipinski definition) is 5. The molecule has 2 fully saturated rings. The van der Waals surface area contributed by atoms with Crippen molar-refractivity contribution in [3.8, 4) is 0 Å². The van der Waals surface area contributed by atoms with Crippen LogP contribution in [0.2, 0.25) is 0 Å². The SMILES string of the molecule is CC1(CCCC(=O)N2CCOC2=O)OCCO1. The Morgan fingerprint density at radius 2 is 2.06 bits per heavy atom. The average molecular weight is 243 g/mol. The molecule has 0 N–H and O–H groups in total. The second kappa shape index (κ2) is 5.01. The van der Waals surface area contributed by atoms with Crippen LogP contribution in [-0.4, -0.2) is 49.1 Å². The summed E-state index contributed by atoms with van der Waals surface area (Å²) in [5, 5.41) is 0. The third-order valence-corrected chi connectivity index (χ3v) is 2.98. The van der Waals surface area contributed by atoms with Crippen LogP contribution in [-0.2, 0) is 19.0 Å². The minimum Gasteiger partial charge on any atom is -0.447 e. The van der Waals surface area contributed by atoms with Gasteiger partial charge in [-0.1, -0.05) is 0 Å². The summed E-state index contributed by atoms with van der Waals surface area (Å²) in [5.74, 6) is -0.750. The van der Waals surface area contributed by atoms with E-state index in [1.54, 1.807) is 0 Å². The minimum atomic E-state index is -0.564. The summed E-state index contributed by atoms with van der Waals surface area (Å²) in [6, 6.07) is 0. The predicted octanol–water partition coefficient (Wildman–Crippen LogP) is 0.898. The number of nitrogens with zero attached hydrogens (tertiary/aromatic N) is 1. The van der Waals surface area contributed by atoms with Crippen LogP contribution in [0.1, 0.15) is 26.2 Å². The van der Waals surface area contributed by atoms with Gasteiger partial charge < -0.3 is 14.2 Å². The Morgan fingerprint density at radius 3 is 2.65 bits per heavy atom. The maximum atomic E-state index is 11.7. The summed E-state index contributed by atoms with van der Waals surface area (Å²) < 4.78 is 15.6. The summed E-state index contributed by atoms with van der Waals surface area (Å²) in [5.41, 5.74) is 0. The average Bonchev–Trinajstić information content (AvgIpc) is 2.88. The molecule has 0 aromatic rings. The molecule has 2 rings (SSSR count). The molecule has 0 aromatic carbocycles. The molecule has 0 atom stereocenters. The number of rotatable bonds is 4. The molecule has 2 heterocycles. The van der Waals surface area contributed by atoms with Crippen LogP contribution in [0.3, 0.4) is 0 Å². The Bertz CT molecular complexity index is 311. The van der Waals surface area contributed by atoms with Crippen molar-refractivity contribution in [1.82, 2.24) is 4.90 Å². The van der Waals surface area contributed by atoms with Crippen LogP contribution in [0.4, 0.5) is 4.79 Å². The number of cyclic esters (lactones) is 1. The molecule has 96 valence electrons. The number of ether oxygens (including phenoxy) is 3. The maximum Gasteiger partial charge on any atom is 0.416 e. The summed E-state index contributed by atoms with van der Waals surface area (Å²) in [7, 11) is 0. The van der Waals surface area contributed by atoms with Crippen molar-refractivity contribution in [2.75, 3.05) is 26.4 Å². The lowest BCUT2D eigenvalue weighted by Gasteiger charge is -2.22. The van der Waals surface area contributed by atoms with Gasteiger partial charge in [0.2, 0.25) is 5.91 Å². The second-order valence-electron chi connectivity index (χ2n) is 4.34. The Kier molecular flexibility index (Phi) is 3.63. The molecule has 6 nitrogen and oxygen atoms in total. The molecule has 0 bridgehead atoms. The molecule has 17 heavy (non-hydrogen) atoms. The first-order chi connectivity index (χ1) is 8.11. The zero-order valence-electron chi connectivity index (χ0n) is 9.94. The van der Waals surface area contributed by atoms with Crippen LogP contribution in [0.15, 0.2) is 0 Å². The van der Waals surface area contributed by atoms with Crippen molar-refractivity contribution in [1.29, 1.82) is 0 Å². The first kappa shape index (κ1) is 12.3. The van der Waals surface area contributed by atoms with Gasteiger partial charge in [-0.25, -0.2) is 9.69 Å². The van der Waals surface area contributed by atoms with E-state index in [0.29, 0.717) is 45.6 Å². The summed E-state index contributed by atoms with van der Waals surface area (Å²) in [4.78, 5) is 24.0. The lowest BCUT2D eigenvalue weighted by Crippen LogP contribution is -2.32. The quantitative estimate of drug-likeness (QED) is 0.734. The van der Waals surface area contributed by atoms with Crippen LogP contribution in [0.5, 0.6) is 0 Å². The van der Waals surface area contributed by atoms with Crippen LogP contribution in [0, 0.1) is 0 Å². The number of amides is 2. The van der Waals surface area contributed by atoms with Gasteiger partial charge >= 0.3 is 6.09 Å². The molecular weight excluding hydrogens is 226 g/mol. The molecule has 2 saturated heterocycles. The Balaban J connectivity index is 1.71. The van der Waals surface area contributed by atoms with Gasteiger partial charge in [0.25, 0.3) is 0 Å². The van der Waals surface area contributed by atoms with E-state index < -0.39 is 11.9 Å². The monoisotopic (exact) mass is 243 g/mol. The minimum absolute atomic E-state index is 0.186. The highest BCUT2D eigenvalue weighted by atomic mass is 16.7. The standard InChI is InChI=1S/C11H17NO5/c1-11(16-7-8-17-11)4-2-3-9(13)12-5-6-15-10(12)14/h2-8H2,1H3. The van der Waals surface area contributed by atoms with E-state index in [1.165, 1.54) is 0 Å². The molecule has 6 heteroatoms. The molecule has 0 aromatic heterocycles. The van der Waals surface area contributed by atoms with Crippen molar-refractivity contribution in [2.45, 2.75) is 32.0 Å². The third-order valence-electron chi connectivity index (χ3n) is 2.98. The summed E-state index contributed by atoms with van der Waals surface area (Å²) in [6.07, 6.45) is 1.08. The zero-order chi connectivity index (χ0) is 12.3. The van der Waals surface area contributed by atoms with Crippen molar-refractivity contribution >= 4 is 12.0 Å². The van der Waals surface area contributed by atoms with Gasteiger partial charge in [0.15, 0.2) is 5.79 Å². The van der Waals surface area contributed by atoms with Crippen molar-refractivity contribution in [3.05, 3.63) is 0 Å². The summed E-state index contributed by atoms with van der Waals surface area (Å²) in [6.45, 7) is 3.73. The van der Waals surface area contributed by atoms with E-state index in [2.05, 4.69) is 0 Å². The molecule has 2 amide bonds. The molecule has 0 unspecified atom stereocenters. The predicted molar refractivity (Wildman–Crippen MR) is 57.2 cm³/mol. The highest BCUT2D eigenvalue weighted by Crippen LogP contribution is 2.25. The topological polar surface area (TPSA) is 65.1 Å². The van der Waals surface area contributed by atoms with E-state index in [0.717, 1.165) is 4.90 Å². The zero-order valence-corrected chi connectivity index (χ0v) is 9.94. The number of carbonyl (C=O) groups is 2. The van der Waals surface area contributed by atoms with Gasteiger partial charge in [-0.05, 0) is 13.3 Å². The van der Waals surface area contributed by atoms with E-state index >= 15 is 0 Å². The highest BCUT2D eigenvalue weighted by Gasteiger charge is 2.32. The van der Waals surface area contributed by atoms with Gasteiger partial charge in [0.1, 0.15) is 6.61 Å². The van der Waals surface area contributed by atoms with Crippen LogP contribution < -0.4 is 0 Å². The van der Waals surface area contributed by atoms with Gasteiger partial charge in [0.05, 0.1) is 19.8 Å². The van der Waals surface area contributed by atoms with Crippen molar-refractivity contribution < 1.29 is 23.8 Å². The molecule has 2 aliphatic heterocycles. The Labute approximate surface area is 99.8 Å². The Morgan fingerprint density at radius 1 is 1.35 bits per heavy atom. The first-order valence-corrected chi connectivity index (χ1v) is 5.86. The molecular formula is C11H17NO5. The first-order valence-electron chi connectivity index (χ1n) is 5.86. The van der Waals surface area contributed by atoms with E-state index in [-0.39, 0.29) is 5.91 Å². The molecule has 0 spiro atoms. The fourth-order valence-electron chi connectivity index (χ4n) is 2.02. The largest absolute Gasteiger partial charge is 0.447 e. The Hall–Kier alpha value is -1.14. The lowest BCUT2D eigenvalue weighted by atomic mass is 10.1. The van der Waals surface area contributed by atoms with Gasteiger partial charge in [0, 0.05) is 12.8 Å².